The Morgan fingerprint density at radius 1 is 1.26 bits per heavy atom. The lowest BCUT2D eigenvalue weighted by atomic mass is 9.90. The Bertz CT molecular complexity index is 585. The summed E-state index contributed by atoms with van der Waals surface area (Å²) in [5, 5.41) is 0. The highest BCUT2D eigenvalue weighted by Crippen LogP contribution is 2.32. The van der Waals surface area contributed by atoms with E-state index < -0.39 is 23.6 Å². The van der Waals surface area contributed by atoms with Crippen molar-refractivity contribution in [3.8, 4) is 12.3 Å². The molecule has 3 nitrogen and oxygen atoms in total. The Balaban J connectivity index is 2.67. The van der Waals surface area contributed by atoms with Crippen LogP contribution in [0, 0.1) is 25.2 Å². The largest absolute Gasteiger partial charge is 0.466 e. The second kappa shape index (κ2) is 8.42. The lowest BCUT2D eigenvalue weighted by Crippen LogP contribution is -2.36. The zero-order valence-electron chi connectivity index (χ0n) is 13.3. The maximum absolute atomic E-state index is 14.3. The molecule has 1 unspecified atom stereocenters. The predicted octanol–water partition coefficient (Wildman–Crippen LogP) is 3.80. The minimum Gasteiger partial charge on any atom is -0.466 e. The normalized spacial score (nSPS) is 12.3. The van der Waals surface area contributed by atoms with Gasteiger partial charge in [-0.3, -0.25) is 9.59 Å². The van der Waals surface area contributed by atoms with Crippen molar-refractivity contribution in [2.45, 2.75) is 39.0 Å². The van der Waals surface area contributed by atoms with Crippen molar-refractivity contribution in [2.24, 2.45) is 5.92 Å². The number of unbranched alkanes of at least 4 members (excludes halogenated alkanes) is 1. The summed E-state index contributed by atoms with van der Waals surface area (Å²) in [5.74, 6) is -4.75. The van der Waals surface area contributed by atoms with Crippen LogP contribution >= 0.6 is 0 Å². The fourth-order valence-corrected chi connectivity index (χ4v) is 2.09. The molecule has 0 N–H and O–H groups in total. The number of esters is 1. The number of benzene rings is 1. The van der Waals surface area contributed by atoms with E-state index in [2.05, 4.69) is 0 Å². The SMILES string of the molecule is C#CC(CCCCOC(C)=O)C(F)(F)C(=O)c1ccc(C)cc1. The highest BCUT2D eigenvalue weighted by atomic mass is 19.3. The fraction of sp³-hybridized carbons (Fsp3) is 0.444. The molecule has 0 aliphatic rings. The number of ether oxygens (including phenoxy) is 1. The number of halogens is 2. The van der Waals surface area contributed by atoms with E-state index in [1.807, 2.05) is 5.92 Å². The number of hydrogen-bond acceptors (Lipinski definition) is 3. The van der Waals surface area contributed by atoms with E-state index in [1.54, 1.807) is 19.1 Å². The molecular formula is C18H20F2O3. The number of carbonyl (C=O) groups is 2. The molecule has 0 radical (unpaired) electrons. The monoisotopic (exact) mass is 322 g/mol. The second-order valence-corrected chi connectivity index (χ2v) is 5.37. The van der Waals surface area contributed by atoms with E-state index in [4.69, 9.17) is 11.2 Å². The van der Waals surface area contributed by atoms with Crippen molar-refractivity contribution in [1.29, 1.82) is 0 Å². The number of Topliss-reactive ketones (excluding diaryl/α,β-unsaturated/α-hetero) is 1. The van der Waals surface area contributed by atoms with Crippen LogP contribution in [0.3, 0.4) is 0 Å². The number of aryl methyl sites for hydroxylation is 1. The summed E-state index contributed by atoms with van der Waals surface area (Å²) < 4.78 is 33.4. The number of hydrogen-bond donors (Lipinski definition) is 0. The molecule has 23 heavy (non-hydrogen) atoms. The standard InChI is InChI=1S/C18H20F2O3/c1-4-16(7-5-6-12-23-14(3)21)18(19,20)17(22)15-10-8-13(2)9-11-15/h1,8-11,16H,5-7,12H2,2-3H3. The molecule has 0 saturated heterocycles. The van der Waals surface area contributed by atoms with Crippen LogP contribution in [-0.2, 0) is 9.53 Å². The first-order chi connectivity index (χ1) is 10.8. The number of rotatable bonds is 8. The highest BCUT2D eigenvalue weighted by Gasteiger charge is 2.46. The first kappa shape index (κ1) is 18.8. The molecule has 0 fully saturated rings. The first-order valence-corrected chi connectivity index (χ1v) is 7.37. The molecule has 0 heterocycles. The maximum Gasteiger partial charge on any atom is 0.323 e. The van der Waals surface area contributed by atoms with Gasteiger partial charge in [-0.2, -0.15) is 8.78 Å². The van der Waals surface area contributed by atoms with Gasteiger partial charge in [0.2, 0.25) is 5.78 Å². The van der Waals surface area contributed by atoms with E-state index in [1.165, 1.54) is 19.1 Å². The van der Waals surface area contributed by atoms with Gasteiger partial charge in [0, 0.05) is 12.5 Å². The summed E-state index contributed by atoms with van der Waals surface area (Å²) in [4.78, 5) is 22.6. The summed E-state index contributed by atoms with van der Waals surface area (Å²) in [5.41, 5.74) is 0.824. The molecule has 124 valence electrons. The van der Waals surface area contributed by atoms with Crippen molar-refractivity contribution < 1.29 is 23.1 Å². The summed E-state index contributed by atoms with van der Waals surface area (Å²) in [6.45, 7) is 3.24. The predicted molar refractivity (Wildman–Crippen MR) is 83.3 cm³/mol. The van der Waals surface area contributed by atoms with Crippen LogP contribution in [-0.4, -0.2) is 24.3 Å². The Hall–Kier alpha value is -2.22. The van der Waals surface area contributed by atoms with Crippen LogP contribution in [0.15, 0.2) is 24.3 Å². The Labute approximate surface area is 135 Å². The van der Waals surface area contributed by atoms with E-state index in [0.29, 0.717) is 12.8 Å². The van der Waals surface area contributed by atoms with Gasteiger partial charge in [-0.1, -0.05) is 35.7 Å². The van der Waals surface area contributed by atoms with E-state index in [0.717, 1.165) is 5.56 Å². The minimum atomic E-state index is -3.62. The fourth-order valence-electron chi connectivity index (χ4n) is 2.09. The number of ketones is 1. The van der Waals surface area contributed by atoms with E-state index in [-0.39, 0.29) is 18.6 Å². The smallest absolute Gasteiger partial charge is 0.323 e. The van der Waals surface area contributed by atoms with Crippen molar-refractivity contribution in [3.05, 3.63) is 35.4 Å². The van der Waals surface area contributed by atoms with E-state index in [9.17, 15) is 18.4 Å². The van der Waals surface area contributed by atoms with E-state index >= 15 is 0 Å². The van der Waals surface area contributed by atoms with Gasteiger partial charge in [0.05, 0.1) is 12.5 Å². The lowest BCUT2D eigenvalue weighted by Gasteiger charge is -2.21. The summed E-state index contributed by atoms with van der Waals surface area (Å²) in [6.07, 6.45) is 5.95. The Morgan fingerprint density at radius 3 is 2.39 bits per heavy atom. The minimum absolute atomic E-state index is 0.0115. The third kappa shape index (κ3) is 5.48. The van der Waals surface area contributed by atoms with Gasteiger partial charge >= 0.3 is 11.9 Å². The van der Waals surface area contributed by atoms with Crippen molar-refractivity contribution in [3.63, 3.8) is 0 Å². The molecule has 1 atom stereocenters. The number of terminal acetylenes is 1. The molecule has 0 aromatic heterocycles. The third-order valence-corrected chi connectivity index (χ3v) is 3.45. The highest BCUT2D eigenvalue weighted by molar-refractivity contribution is 6.01. The van der Waals surface area contributed by atoms with Gasteiger partial charge in [0.15, 0.2) is 0 Å². The number of carbonyl (C=O) groups excluding carboxylic acids is 2. The first-order valence-electron chi connectivity index (χ1n) is 7.37. The van der Waals surface area contributed by atoms with Gasteiger partial charge in [-0.05, 0) is 26.2 Å². The van der Waals surface area contributed by atoms with Crippen molar-refractivity contribution in [2.75, 3.05) is 6.61 Å². The van der Waals surface area contributed by atoms with Crippen LogP contribution in [0.4, 0.5) is 8.78 Å². The lowest BCUT2D eigenvalue weighted by molar-refractivity contribution is -0.141. The Kier molecular flexibility index (Phi) is 6.89. The molecule has 0 amide bonds. The molecule has 1 rings (SSSR count). The van der Waals surface area contributed by atoms with Crippen molar-refractivity contribution >= 4 is 11.8 Å². The molecule has 0 spiro atoms. The second-order valence-electron chi connectivity index (χ2n) is 5.37. The van der Waals surface area contributed by atoms with Gasteiger partial charge < -0.3 is 4.74 Å². The summed E-state index contributed by atoms with van der Waals surface area (Å²) in [6, 6.07) is 5.96. The molecule has 0 aliphatic heterocycles. The van der Waals surface area contributed by atoms with Gasteiger partial charge in [0.25, 0.3) is 0 Å². The quantitative estimate of drug-likeness (QED) is 0.316. The topological polar surface area (TPSA) is 43.4 Å². The van der Waals surface area contributed by atoms with Gasteiger partial charge in [-0.15, -0.1) is 6.42 Å². The maximum atomic E-state index is 14.3. The third-order valence-electron chi connectivity index (χ3n) is 3.45. The number of alkyl halides is 2. The molecule has 1 aromatic rings. The zero-order valence-corrected chi connectivity index (χ0v) is 13.3. The summed E-state index contributed by atoms with van der Waals surface area (Å²) in [7, 11) is 0. The van der Waals surface area contributed by atoms with Crippen LogP contribution in [0.5, 0.6) is 0 Å². The molecule has 1 aromatic carbocycles. The van der Waals surface area contributed by atoms with Crippen molar-refractivity contribution in [1.82, 2.24) is 0 Å². The average Bonchev–Trinajstić information content (AvgIpc) is 2.50. The zero-order chi connectivity index (χ0) is 17.5. The average molecular weight is 322 g/mol. The Morgan fingerprint density at radius 2 is 1.87 bits per heavy atom. The van der Waals surface area contributed by atoms with Crippen LogP contribution < -0.4 is 0 Å². The molecular weight excluding hydrogens is 302 g/mol. The molecule has 0 bridgehead atoms. The van der Waals surface area contributed by atoms with Crippen LogP contribution in [0.2, 0.25) is 0 Å². The molecule has 5 heteroatoms. The van der Waals surface area contributed by atoms with Crippen LogP contribution in [0.25, 0.3) is 0 Å². The van der Waals surface area contributed by atoms with Gasteiger partial charge in [0.1, 0.15) is 0 Å². The van der Waals surface area contributed by atoms with Crippen LogP contribution in [0.1, 0.15) is 42.1 Å². The molecule has 0 aliphatic carbocycles. The molecule has 0 saturated carbocycles. The summed E-state index contributed by atoms with van der Waals surface area (Å²) >= 11 is 0. The van der Waals surface area contributed by atoms with Gasteiger partial charge in [-0.25, -0.2) is 0 Å².